The molecule has 1 nitrogen and oxygen atoms in total. The molecule has 0 aliphatic heterocycles. The Balaban J connectivity index is 2.61. The molecule has 0 fully saturated rings. The van der Waals surface area contributed by atoms with Gasteiger partial charge in [0.2, 0.25) is 0 Å². The van der Waals surface area contributed by atoms with E-state index in [0.29, 0.717) is 0 Å². The Labute approximate surface area is 123 Å². The van der Waals surface area contributed by atoms with Gasteiger partial charge in [-0.25, -0.2) is 0 Å². The van der Waals surface area contributed by atoms with E-state index >= 15 is 0 Å². The molecule has 106 valence electrons. The molecule has 2 rings (SSSR count). The molecule has 0 radical (unpaired) electrons. The smallest absolute Gasteiger partial charge is 0.0582 e. The van der Waals surface area contributed by atoms with E-state index in [1.807, 2.05) is 0 Å². The highest BCUT2D eigenvalue weighted by Gasteiger charge is 2.19. The molecule has 0 saturated carbocycles. The maximum atomic E-state index is 3.65. The van der Waals surface area contributed by atoms with Gasteiger partial charge in [0.05, 0.1) is 6.04 Å². The number of benzene rings is 2. The van der Waals surface area contributed by atoms with Crippen LogP contribution in [0.5, 0.6) is 0 Å². The lowest BCUT2D eigenvalue weighted by Gasteiger charge is -2.25. The maximum absolute atomic E-state index is 3.65. The van der Waals surface area contributed by atoms with Crippen LogP contribution < -0.4 is 5.32 Å². The zero-order chi connectivity index (χ0) is 14.7. The molecule has 0 spiro atoms. The van der Waals surface area contributed by atoms with Crippen LogP contribution in [0, 0.1) is 27.7 Å². The minimum atomic E-state index is 0.278. The van der Waals surface area contributed by atoms with E-state index in [0.717, 1.165) is 6.54 Å². The van der Waals surface area contributed by atoms with Gasteiger partial charge in [0.15, 0.2) is 0 Å². The van der Waals surface area contributed by atoms with E-state index < -0.39 is 0 Å². The van der Waals surface area contributed by atoms with Crippen molar-refractivity contribution < 1.29 is 0 Å². The molecule has 0 amide bonds. The van der Waals surface area contributed by atoms with Crippen molar-refractivity contribution in [3.05, 3.63) is 69.8 Å². The molecule has 0 aliphatic rings. The second-order valence-corrected chi connectivity index (χ2v) is 5.58. The highest BCUT2D eigenvalue weighted by Crippen LogP contribution is 2.31. The van der Waals surface area contributed by atoms with Gasteiger partial charge in [0, 0.05) is 0 Å². The number of hydrogen-bond acceptors (Lipinski definition) is 1. The van der Waals surface area contributed by atoms with Crippen LogP contribution in [0.1, 0.15) is 46.3 Å². The van der Waals surface area contributed by atoms with Crippen LogP contribution in [0.2, 0.25) is 0 Å². The van der Waals surface area contributed by atoms with Crippen LogP contribution in [0.4, 0.5) is 0 Å². The third kappa shape index (κ3) is 2.78. The minimum Gasteiger partial charge on any atom is -0.307 e. The largest absolute Gasteiger partial charge is 0.307 e. The van der Waals surface area contributed by atoms with Crippen molar-refractivity contribution in [1.29, 1.82) is 0 Å². The summed E-state index contributed by atoms with van der Waals surface area (Å²) in [7, 11) is 0. The first kappa shape index (κ1) is 14.8. The summed E-state index contributed by atoms with van der Waals surface area (Å²) in [5.74, 6) is 0. The normalized spacial score (nSPS) is 12.4. The van der Waals surface area contributed by atoms with Crippen LogP contribution in [0.15, 0.2) is 36.4 Å². The second-order valence-electron chi connectivity index (χ2n) is 5.58. The molecule has 1 unspecified atom stereocenters. The molecule has 0 saturated heterocycles. The van der Waals surface area contributed by atoms with Crippen LogP contribution in [0.3, 0.4) is 0 Å². The fraction of sp³-hybridized carbons (Fsp3) is 0.368. The summed E-state index contributed by atoms with van der Waals surface area (Å²) in [6.07, 6.45) is 0. The molecule has 1 N–H and O–H groups in total. The number of aryl methyl sites for hydroxylation is 2. The third-order valence-corrected chi connectivity index (χ3v) is 4.25. The predicted molar refractivity (Wildman–Crippen MR) is 87.4 cm³/mol. The van der Waals surface area contributed by atoms with Gasteiger partial charge < -0.3 is 5.32 Å². The molecular weight excluding hydrogens is 242 g/mol. The fourth-order valence-electron chi connectivity index (χ4n) is 2.92. The van der Waals surface area contributed by atoms with E-state index in [1.165, 1.54) is 33.4 Å². The van der Waals surface area contributed by atoms with E-state index in [1.54, 1.807) is 0 Å². The van der Waals surface area contributed by atoms with Gasteiger partial charge in [-0.2, -0.15) is 0 Å². The number of nitrogens with one attached hydrogen (secondary N) is 1. The third-order valence-electron chi connectivity index (χ3n) is 4.25. The summed E-state index contributed by atoms with van der Waals surface area (Å²) >= 11 is 0. The van der Waals surface area contributed by atoms with Crippen molar-refractivity contribution in [3.63, 3.8) is 0 Å². The lowest BCUT2D eigenvalue weighted by atomic mass is 9.87. The SMILES string of the molecule is CCNC(c1ccccc1)c1c(C)c(C)cc(C)c1C. The molecule has 1 heteroatoms. The first-order chi connectivity index (χ1) is 9.56. The molecule has 1 atom stereocenters. The summed E-state index contributed by atoms with van der Waals surface area (Å²) in [4.78, 5) is 0. The number of hydrogen-bond donors (Lipinski definition) is 1. The van der Waals surface area contributed by atoms with Gasteiger partial charge in [0.1, 0.15) is 0 Å². The Bertz CT molecular complexity index is 558. The predicted octanol–water partition coefficient (Wildman–Crippen LogP) is 4.62. The van der Waals surface area contributed by atoms with Gasteiger partial charge in [-0.3, -0.25) is 0 Å². The first-order valence-electron chi connectivity index (χ1n) is 7.41. The molecule has 0 aromatic heterocycles. The molecule has 2 aromatic carbocycles. The van der Waals surface area contributed by atoms with Crippen molar-refractivity contribution in [2.45, 2.75) is 40.7 Å². The first-order valence-corrected chi connectivity index (χ1v) is 7.41. The average molecular weight is 267 g/mol. The molecular formula is C19H25N. The highest BCUT2D eigenvalue weighted by atomic mass is 14.9. The van der Waals surface area contributed by atoms with Crippen LogP contribution in [-0.4, -0.2) is 6.54 Å². The van der Waals surface area contributed by atoms with Crippen molar-refractivity contribution >= 4 is 0 Å². The summed E-state index contributed by atoms with van der Waals surface area (Å²) in [5, 5.41) is 3.65. The average Bonchev–Trinajstić information content (AvgIpc) is 2.45. The van der Waals surface area contributed by atoms with Crippen LogP contribution >= 0.6 is 0 Å². The van der Waals surface area contributed by atoms with E-state index in [4.69, 9.17) is 0 Å². The Morgan fingerprint density at radius 2 is 1.45 bits per heavy atom. The van der Waals surface area contributed by atoms with Crippen molar-refractivity contribution in [2.24, 2.45) is 0 Å². The second kappa shape index (κ2) is 6.23. The standard InChI is InChI=1S/C19H25N/c1-6-20-19(17-10-8-7-9-11-17)18-15(4)13(2)12-14(3)16(18)5/h7-12,19-20H,6H2,1-5H3. The van der Waals surface area contributed by atoms with Gasteiger partial charge >= 0.3 is 0 Å². The molecule has 2 aromatic rings. The Morgan fingerprint density at radius 1 is 0.900 bits per heavy atom. The Kier molecular flexibility index (Phi) is 4.61. The van der Waals surface area contributed by atoms with Crippen molar-refractivity contribution in [1.82, 2.24) is 5.32 Å². The van der Waals surface area contributed by atoms with Gasteiger partial charge in [-0.05, 0) is 67.6 Å². The lowest BCUT2D eigenvalue weighted by molar-refractivity contribution is 0.623. The quantitative estimate of drug-likeness (QED) is 0.852. The van der Waals surface area contributed by atoms with Crippen molar-refractivity contribution in [2.75, 3.05) is 6.54 Å². The molecule has 0 aliphatic carbocycles. The zero-order valence-electron chi connectivity index (χ0n) is 13.2. The number of rotatable bonds is 4. The summed E-state index contributed by atoms with van der Waals surface area (Å²) in [6.45, 7) is 12.0. The zero-order valence-corrected chi connectivity index (χ0v) is 13.2. The topological polar surface area (TPSA) is 12.0 Å². The molecule has 0 bridgehead atoms. The Morgan fingerprint density at radius 3 is 1.95 bits per heavy atom. The van der Waals surface area contributed by atoms with Gasteiger partial charge in [0.25, 0.3) is 0 Å². The van der Waals surface area contributed by atoms with Gasteiger partial charge in [-0.15, -0.1) is 0 Å². The van der Waals surface area contributed by atoms with E-state index in [9.17, 15) is 0 Å². The van der Waals surface area contributed by atoms with Crippen LogP contribution in [0.25, 0.3) is 0 Å². The fourth-order valence-corrected chi connectivity index (χ4v) is 2.92. The Hall–Kier alpha value is -1.60. The molecule has 20 heavy (non-hydrogen) atoms. The van der Waals surface area contributed by atoms with Gasteiger partial charge in [-0.1, -0.05) is 43.3 Å². The van der Waals surface area contributed by atoms with Crippen molar-refractivity contribution in [3.8, 4) is 0 Å². The highest BCUT2D eigenvalue weighted by molar-refractivity contribution is 5.48. The van der Waals surface area contributed by atoms with E-state index in [2.05, 4.69) is 76.3 Å². The van der Waals surface area contributed by atoms with E-state index in [-0.39, 0.29) is 6.04 Å². The summed E-state index contributed by atoms with van der Waals surface area (Å²) < 4.78 is 0. The summed E-state index contributed by atoms with van der Waals surface area (Å²) in [6, 6.07) is 13.3. The van der Waals surface area contributed by atoms with Crippen LogP contribution in [-0.2, 0) is 0 Å². The summed E-state index contributed by atoms with van der Waals surface area (Å²) in [5.41, 5.74) is 8.34. The monoisotopic (exact) mass is 267 g/mol. The molecule has 0 heterocycles. The lowest BCUT2D eigenvalue weighted by Crippen LogP contribution is -2.24. The minimum absolute atomic E-state index is 0.278. The maximum Gasteiger partial charge on any atom is 0.0582 e.